The first kappa shape index (κ1) is 65.9. The number of allylic oxidation sites excluding steroid dienone is 6. The Hall–Kier alpha value is -0.0675. The molecule has 1 aliphatic heterocycles. The van der Waals surface area contributed by atoms with Crippen molar-refractivity contribution < 1.29 is 32.6 Å². The maximum absolute atomic E-state index is 14.1. The van der Waals surface area contributed by atoms with Gasteiger partial charge in [0.2, 0.25) is 0 Å². The van der Waals surface area contributed by atoms with Crippen molar-refractivity contribution in [1.82, 2.24) is 0 Å². The van der Waals surface area contributed by atoms with Gasteiger partial charge in [-0.1, -0.05) is 26.8 Å². The minimum atomic E-state index is -2.60. The van der Waals surface area contributed by atoms with Crippen molar-refractivity contribution in [2.45, 2.75) is 274 Å². The summed E-state index contributed by atoms with van der Waals surface area (Å²) in [5, 5.41) is 0.0237. The van der Waals surface area contributed by atoms with Crippen molar-refractivity contribution in [2.24, 2.45) is 5.92 Å². The van der Waals surface area contributed by atoms with Crippen molar-refractivity contribution in [3.63, 3.8) is 0 Å². The van der Waals surface area contributed by atoms with E-state index >= 15 is 0 Å². The molecule has 0 saturated carbocycles. The quantitative estimate of drug-likeness (QED) is 0.0218. The number of methoxy groups -OCH3 is 1. The van der Waals surface area contributed by atoms with Gasteiger partial charge in [0.05, 0.1) is 18.8 Å². The Bertz CT molecular complexity index is 1590. The van der Waals surface area contributed by atoms with Crippen LogP contribution >= 0.6 is 22.6 Å². The Balaban J connectivity index is 3.70. The summed E-state index contributed by atoms with van der Waals surface area (Å²) in [5.74, 6) is -0.971. The van der Waals surface area contributed by atoms with Crippen LogP contribution in [-0.4, -0.2) is 91.0 Å². The number of carbonyl (C=O) groups is 1. The van der Waals surface area contributed by atoms with Crippen LogP contribution in [-0.2, 0) is 32.6 Å². The third kappa shape index (κ3) is 21.8. The summed E-state index contributed by atoms with van der Waals surface area (Å²) in [7, 11) is -2.62. The van der Waals surface area contributed by atoms with Gasteiger partial charge in [0.25, 0.3) is 0 Å². The van der Waals surface area contributed by atoms with Gasteiger partial charge in [-0.15, -0.1) is 0 Å². The molecule has 1 heterocycles. The van der Waals surface area contributed by atoms with Crippen LogP contribution in [0.25, 0.3) is 0 Å². The Morgan fingerprint density at radius 3 is 1.78 bits per heavy atom. The third-order valence-corrected chi connectivity index (χ3v) is 40.2. The summed E-state index contributed by atoms with van der Waals surface area (Å²) in [6, 6.07) is 0. The standard InChI is InChI=1S/C45H80IO7Si2.3C4H9.Sn/c1-21-38(53-55(30(2)3,31(4)5)32(6)7)35(10)26-33(8)25-34(9)27-36(11)43(47)50-41(42-29-49-45(16,17)51-42)28-40(48-18)39(24-22-23-37(12)46)52-54(19,20)44(13,14)15;3*1-3-4-2;/h1,21,23,25-27,30-32,35,38-42H,22,24,28-29H2,2-20H3;3*1,3-4H2,2H3;/b21-1?,33-26+,34-25+,36-27+,37-23+;;;;/t35-,38-,39+,40+,41+,42+;;;;/m1..../s1. The molecular weight excluding hydrogens is 1100 g/mol. The fraction of sp³-hybridized carbons (Fsp3) is 0.807. The van der Waals surface area contributed by atoms with Crippen molar-refractivity contribution in [1.29, 1.82) is 0 Å². The molecule has 0 aliphatic carbocycles. The van der Waals surface area contributed by atoms with Gasteiger partial charge >= 0.3 is 262 Å². The normalized spacial score (nSPS) is 19.6. The Morgan fingerprint density at radius 1 is 0.824 bits per heavy atom. The molecule has 1 aliphatic rings. The van der Waals surface area contributed by atoms with Crippen LogP contribution in [0.5, 0.6) is 0 Å². The first-order valence-electron chi connectivity index (χ1n) is 26.9. The van der Waals surface area contributed by atoms with Crippen LogP contribution in [0.1, 0.15) is 189 Å². The van der Waals surface area contributed by atoms with Gasteiger partial charge in [-0.2, -0.15) is 0 Å². The fourth-order valence-electron chi connectivity index (χ4n) is 10.2. The molecule has 396 valence electrons. The van der Waals surface area contributed by atoms with E-state index in [9.17, 15) is 4.79 Å². The predicted molar refractivity (Wildman–Crippen MR) is 310 cm³/mol. The SMILES string of the molecule is CCC[CH2][Sn](/[CH]=C/[C@@H](O[Si](C(C)C)(C(C)C)C(C)C)[C@H](C)/C=C(C)/C=C(C)/C=C(\C)C(=O)O[C@@H](C[C@H](OC)[C@H](CC/C=C(\C)I)O[Si](C)(C)C(C)(C)C)[C@@H]1COC(C)(C)O1)([CH2]CCC)[CH2]CCC. The van der Waals surface area contributed by atoms with E-state index in [0.717, 1.165) is 24.0 Å². The molecule has 0 radical (unpaired) electrons. The Morgan fingerprint density at radius 2 is 1.35 bits per heavy atom. The topological polar surface area (TPSA) is 72.5 Å². The van der Waals surface area contributed by atoms with Gasteiger partial charge in [-0.05, 0) is 77.9 Å². The Labute approximate surface area is 440 Å². The molecule has 0 spiro atoms. The van der Waals surface area contributed by atoms with E-state index < -0.39 is 53.0 Å². The van der Waals surface area contributed by atoms with Crippen molar-refractivity contribution in [3.8, 4) is 0 Å². The summed E-state index contributed by atoms with van der Waals surface area (Å²) in [6.07, 6.45) is 19.8. The number of unbranched alkanes of at least 4 members (excludes halogenated alkanes) is 3. The number of hydrogen-bond acceptors (Lipinski definition) is 7. The van der Waals surface area contributed by atoms with Gasteiger partial charge in [-0.25, -0.2) is 0 Å². The molecule has 0 amide bonds. The zero-order valence-corrected chi connectivity index (χ0v) is 55.1. The van der Waals surface area contributed by atoms with Crippen LogP contribution in [0, 0.1) is 5.92 Å². The van der Waals surface area contributed by atoms with Crippen LogP contribution in [0.3, 0.4) is 0 Å². The monoisotopic (exact) mass is 1210 g/mol. The number of esters is 1. The van der Waals surface area contributed by atoms with Crippen molar-refractivity contribution in [2.75, 3.05) is 13.7 Å². The number of hydrogen-bond donors (Lipinski definition) is 0. The molecule has 68 heavy (non-hydrogen) atoms. The van der Waals surface area contributed by atoms with E-state index in [1.165, 1.54) is 55.4 Å². The molecule has 1 rings (SSSR count). The van der Waals surface area contributed by atoms with Gasteiger partial charge < -0.3 is 18.6 Å². The molecule has 1 fully saturated rings. The van der Waals surface area contributed by atoms with Crippen molar-refractivity contribution in [3.05, 3.63) is 54.8 Å². The summed E-state index contributed by atoms with van der Waals surface area (Å²) < 4.78 is 48.4. The summed E-state index contributed by atoms with van der Waals surface area (Å²) in [6.45, 7) is 47.6. The van der Waals surface area contributed by atoms with Crippen LogP contribution in [0.4, 0.5) is 0 Å². The van der Waals surface area contributed by atoms with Crippen LogP contribution < -0.4 is 0 Å². The molecular formula is C57H107IO7Si2Sn. The number of halogens is 1. The van der Waals surface area contributed by atoms with Gasteiger partial charge in [-0.3, -0.25) is 0 Å². The average Bonchev–Trinajstić information content (AvgIpc) is 3.59. The van der Waals surface area contributed by atoms with E-state index in [0.29, 0.717) is 35.2 Å². The van der Waals surface area contributed by atoms with E-state index in [4.69, 9.17) is 27.8 Å². The summed E-state index contributed by atoms with van der Waals surface area (Å²) in [4.78, 5) is 14.1. The fourth-order valence-corrected chi connectivity index (χ4v) is 31.8. The zero-order valence-electron chi connectivity index (χ0n) is 48.1. The van der Waals surface area contributed by atoms with E-state index in [1.807, 2.05) is 26.8 Å². The van der Waals surface area contributed by atoms with Gasteiger partial charge in [0.1, 0.15) is 12.2 Å². The number of ether oxygens (including phenoxy) is 4. The Kier molecular flexibility index (Phi) is 30.0. The van der Waals surface area contributed by atoms with E-state index in [2.05, 4.69) is 175 Å². The van der Waals surface area contributed by atoms with Crippen LogP contribution in [0.15, 0.2) is 54.8 Å². The molecule has 1 saturated heterocycles. The van der Waals surface area contributed by atoms with Crippen LogP contribution in [0.2, 0.25) is 48.1 Å². The number of carbonyl (C=O) groups excluding carboxylic acids is 1. The molecule has 0 aromatic rings. The predicted octanol–water partition coefficient (Wildman–Crippen LogP) is 17.9. The first-order valence-corrected chi connectivity index (χ1v) is 40.8. The molecule has 7 nitrogen and oxygen atoms in total. The molecule has 6 atom stereocenters. The molecule has 0 aromatic heterocycles. The average molecular weight is 1210 g/mol. The van der Waals surface area contributed by atoms with E-state index in [1.54, 1.807) is 7.11 Å². The third-order valence-electron chi connectivity index (χ3n) is 15.1. The molecule has 0 N–H and O–H groups in total. The zero-order chi connectivity index (χ0) is 52.3. The summed E-state index contributed by atoms with van der Waals surface area (Å²) in [5.41, 5.74) is 4.20. The maximum atomic E-state index is 14.1. The second kappa shape index (κ2) is 31.0. The first-order chi connectivity index (χ1) is 31.5. The minimum absolute atomic E-state index is 0.0177. The molecule has 0 bridgehead atoms. The summed E-state index contributed by atoms with van der Waals surface area (Å²) >= 11 is -0.234. The second-order valence-corrected chi connectivity index (χ2v) is 48.4. The second-order valence-electron chi connectivity index (χ2n) is 23.5. The molecule has 0 unspecified atom stereocenters. The van der Waals surface area contributed by atoms with Gasteiger partial charge in [0.15, 0.2) is 14.1 Å². The number of rotatable bonds is 32. The van der Waals surface area contributed by atoms with E-state index in [-0.39, 0.29) is 35.2 Å². The molecule has 0 aromatic carbocycles. The molecule has 11 heteroatoms. The van der Waals surface area contributed by atoms with Gasteiger partial charge in [0, 0.05) is 13.5 Å². The van der Waals surface area contributed by atoms with Crippen molar-refractivity contribution >= 4 is 63.6 Å².